The number of nitrogens with one attached hydrogen (secondary N) is 2. The summed E-state index contributed by atoms with van der Waals surface area (Å²) in [7, 11) is 0. The van der Waals surface area contributed by atoms with Crippen LogP contribution in [0.15, 0.2) is 83.9 Å². The number of aromatic nitrogens is 2. The topological polar surface area (TPSA) is 70.1 Å². The highest BCUT2D eigenvalue weighted by Gasteiger charge is 2.07. The third-order valence-electron chi connectivity index (χ3n) is 4.45. The summed E-state index contributed by atoms with van der Waals surface area (Å²) in [6.45, 7) is 1.35. The third-order valence-corrected chi connectivity index (χ3v) is 5.23. The first-order valence-corrected chi connectivity index (χ1v) is 10.3. The summed E-state index contributed by atoms with van der Waals surface area (Å²) in [4.78, 5) is 10.4. The normalized spacial score (nSPS) is 10.9. The van der Waals surface area contributed by atoms with Crippen molar-refractivity contribution in [3.63, 3.8) is 0 Å². The molecule has 0 aliphatic carbocycles. The molecule has 6 heteroatoms. The number of hydrogen-bond acceptors (Lipinski definition) is 6. The molecule has 0 saturated heterocycles. The minimum atomic E-state index is 0.0682. The molecule has 0 amide bonds. The molecule has 2 heterocycles. The van der Waals surface area contributed by atoms with Crippen molar-refractivity contribution < 1.29 is 5.11 Å². The molecule has 0 aliphatic rings. The highest BCUT2D eigenvalue weighted by atomic mass is 32.2. The fourth-order valence-electron chi connectivity index (χ4n) is 3.04. The third kappa shape index (κ3) is 4.92. The Labute approximate surface area is 174 Å². The van der Waals surface area contributed by atoms with Crippen molar-refractivity contribution in [1.82, 2.24) is 14.7 Å². The monoisotopic (exact) mass is 402 g/mol. The van der Waals surface area contributed by atoms with Gasteiger partial charge in [-0.25, -0.2) is 4.98 Å². The van der Waals surface area contributed by atoms with Crippen molar-refractivity contribution in [2.75, 3.05) is 18.5 Å². The second kappa shape index (κ2) is 9.52. The van der Waals surface area contributed by atoms with Gasteiger partial charge >= 0.3 is 0 Å². The van der Waals surface area contributed by atoms with Crippen LogP contribution in [0.4, 0.5) is 5.69 Å². The Morgan fingerprint density at radius 3 is 2.69 bits per heavy atom. The molecule has 4 aromatic rings. The summed E-state index contributed by atoms with van der Waals surface area (Å²) in [5, 5.41) is 12.3. The van der Waals surface area contributed by atoms with Crippen molar-refractivity contribution in [3.8, 4) is 11.3 Å². The van der Waals surface area contributed by atoms with E-state index >= 15 is 0 Å². The van der Waals surface area contributed by atoms with Gasteiger partial charge in [-0.3, -0.25) is 9.71 Å². The van der Waals surface area contributed by atoms with Gasteiger partial charge in [0.1, 0.15) is 5.52 Å². The van der Waals surface area contributed by atoms with E-state index in [1.807, 2.05) is 42.5 Å². The number of rotatable bonds is 8. The maximum atomic E-state index is 9.10. The first-order valence-electron chi connectivity index (χ1n) is 9.48. The van der Waals surface area contributed by atoms with E-state index in [4.69, 9.17) is 10.1 Å². The van der Waals surface area contributed by atoms with Crippen LogP contribution in [0.25, 0.3) is 22.3 Å². The Balaban J connectivity index is 1.53. The SMILES string of the molecule is OCCNc1ccnc2ccc(-c3cccc(SNCc4ccccc4)c3)nc12. The molecular formula is C23H22N4OS. The average molecular weight is 403 g/mol. The number of aliphatic hydroxyl groups is 1. The number of anilines is 1. The predicted molar refractivity (Wildman–Crippen MR) is 120 cm³/mol. The second-order valence-corrected chi connectivity index (χ2v) is 7.47. The molecule has 29 heavy (non-hydrogen) atoms. The first-order chi connectivity index (χ1) is 14.3. The maximum absolute atomic E-state index is 9.10. The quantitative estimate of drug-likeness (QED) is 0.377. The molecule has 0 spiro atoms. The Bertz CT molecular complexity index is 1090. The van der Waals surface area contributed by atoms with Crippen molar-refractivity contribution >= 4 is 28.7 Å². The lowest BCUT2D eigenvalue weighted by atomic mass is 10.1. The minimum absolute atomic E-state index is 0.0682. The van der Waals surface area contributed by atoms with Gasteiger partial charge in [0.2, 0.25) is 0 Å². The standard InChI is InChI=1S/C23H22N4OS/c28-14-13-25-22-11-12-24-21-10-9-20(27-23(21)22)18-7-4-8-19(15-18)29-26-16-17-5-2-1-3-6-17/h1-12,15,26,28H,13-14,16H2,(H,24,25). The Morgan fingerprint density at radius 2 is 1.83 bits per heavy atom. The van der Waals surface area contributed by atoms with Gasteiger partial charge in [0, 0.05) is 29.7 Å². The Kier molecular flexibility index (Phi) is 6.36. The summed E-state index contributed by atoms with van der Waals surface area (Å²) in [6.07, 6.45) is 1.75. The number of aliphatic hydroxyl groups excluding tert-OH is 1. The van der Waals surface area contributed by atoms with Crippen LogP contribution < -0.4 is 10.0 Å². The molecule has 3 N–H and O–H groups in total. The van der Waals surface area contributed by atoms with E-state index in [1.165, 1.54) is 5.56 Å². The lowest BCUT2D eigenvalue weighted by Gasteiger charge is -2.10. The molecule has 2 aromatic carbocycles. The summed E-state index contributed by atoms with van der Waals surface area (Å²) in [5.74, 6) is 0. The van der Waals surface area contributed by atoms with Gasteiger partial charge in [-0.05, 0) is 47.8 Å². The number of benzene rings is 2. The van der Waals surface area contributed by atoms with Gasteiger partial charge in [0.25, 0.3) is 0 Å². The zero-order valence-corrected chi connectivity index (χ0v) is 16.7. The molecule has 4 rings (SSSR count). The molecule has 146 valence electrons. The Hall–Kier alpha value is -2.93. The van der Waals surface area contributed by atoms with E-state index in [2.05, 4.69) is 45.4 Å². The molecule has 0 unspecified atom stereocenters. The van der Waals surface area contributed by atoms with Crippen LogP contribution in [-0.2, 0) is 6.54 Å². The van der Waals surface area contributed by atoms with Gasteiger partial charge < -0.3 is 10.4 Å². The van der Waals surface area contributed by atoms with Gasteiger partial charge in [-0.15, -0.1) is 0 Å². The fourth-order valence-corrected chi connectivity index (χ4v) is 3.77. The first kappa shape index (κ1) is 19.4. The van der Waals surface area contributed by atoms with E-state index < -0.39 is 0 Å². The number of fused-ring (bicyclic) bond motifs is 1. The van der Waals surface area contributed by atoms with E-state index in [9.17, 15) is 0 Å². The summed E-state index contributed by atoms with van der Waals surface area (Å²) < 4.78 is 3.41. The largest absolute Gasteiger partial charge is 0.395 e. The van der Waals surface area contributed by atoms with E-state index in [0.29, 0.717) is 6.54 Å². The van der Waals surface area contributed by atoms with Gasteiger partial charge in [-0.2, -0.15) is 0 Å². The molecule has 0 saturated carbocycles. The van der Waals surface area contributed by atoms with Gasteiger partial charge in [-0.1, -0.05) is 42.5 Å². The molecule has 5 nitrogen and oxygen atoms in total. The van der Waals surface area contributed by atoms with Crippen molar-refractivity contribution in [3.05, 3.63) is 84.6 Å². The lowest BCUT2D eigenvalue weighted by Crippen LogP contribution is -2.06. The molecular weight excluding hydrogens is 380 g/mol. The maximum Gasteiger partial charge on any atom is 0.112 e. The van der Waals surface area contributed by atoms with E-state index in [0.717, 1.165) is 39.4 Å². The Morgan fingerprint density at radius 1 is 0.931 bits per heavy atom. The average Bonchev–Trinajstić information content (AvgIpc) is 2.78. The zero-order chi connectivity index (χ0) is 19.9. The molecule has 0 bridgehead atoms. The van der Waals surface area contributed by atoms with Crippen LogP contribution in [0, 0.1) is 0 Å². The molecule has 0 atom stereocenters. The highest BCUT2D eigenvalue weighted by molar-refractivity contribution is 7.97. The van der Waals surface area contributed by atoms with Crippen molar-refractivity contribution in [2.45, 2.75) is 11.4 Å². The number of nitrogens with zero attached hydrogens (tertiary/aromatic N) is 2. The lowest BCUT2D eigenvalue weighted by molar-refractivity contribution is 0.311. The van der Waals surface area contributed by atoms with Crippen molar-refractivity contribution in [2.24, 2.45) is 0 Å². The van der Waals surface area contributed by atoms with E-state index in [1.54, 1.807) is 18.1 Å². The van der Waals surface area contributed by atoms with Crippen LogP contribution in [0.1, 0.15) is 5.56 Å². The number of pyridine rings is 2. The van der Waals surface area contributed by atoms with Crippen LogP contribution in [0.3, 0.4) is 0 Å². The summed E-state index contributed by atoms with van der Waals surface area (Å²) >= 11 is 1.61. The van der Waals surface area contributed by atoms with Crippen LogP contribution >= 0.6 is 11.9 Å². The molecule has 0 fully saturated rings. The minimum Gasteiger partial charge on any atom is -0.395 e. The summed E-state index contributed by atoms with van der Waals surface area (Å²) in [6, 6.07) is 24.5. The molecule has 0 radical (unpaired) electrons. The van der Waals surface area contributed by atoms with Crippen LogP contribution in [0.5, 0.6) is 0 Å². The fraction of sp³-hybridized carbons (Fsp3) is 0.130. The molecule has 2 aromatic heterocycles. The van der Waals surface area contributed by atoms with Gasteiger partial charge in [0.15, 0.2) is 0 Å². The number of hydrogen-bond donors (Lipinski definition) is 3. The van der Waals surface area contributed by atoms with Crippen LogP contribution in [0.2, 0.25) is 0 Å². The van der Waals surface area contributed by atoms with Crippen LogP contribution in [-0.4, -0.2) is 28.2 Å². The van der Waals surface area contributed by atoms with Crippen molar-refractivity contribution in [1.29, 1.82) is 0 Å². The second-order valence-electron chi connectivity index (χ2n) is 6.51. The zero-order valence-electron chi connectivity index (χ0n) is 15.9. The van der Waals surface area contributed by atoms with Gasteiger partial charge in [0.05, 0.1) is 23.5 Å². The van der Waals surface area contributed by atoms with E-state index in [-0.39, 0.29) is 6.61 Å². The predicted octanol–water partition coefficient (Wildman–Crippen LogP) is 4.50. The summed E-state index contributed by atoms with van der Waals surface area (Å²) in [5.41, 5.74) is 5.70. The smallest absolute Gasteiger partial charge is 0.112 e. The highest BCUT2D eigenvalue weighted by Crippen LogP contribution is 2.27. The molecule has 0 aliphatic heterocycles.